The summed E-state index contributed by atoms with van der Waals surface area (Å²) >= 11 is 1.49. The van der Waals surface area contributed by atoms with Crippen molar-refractivity contribution in [3.8, 4) is 17.6 Å². The van der Waals surface area contributed by atoms with Crippen LogP contribution >= 0.6 is 11.3 Å². The van der Waals surface area contributed by atoms with Gasteiger partial charge in [0.1, 0.15) is 11.1 Å². The second-order valence-corrected chi connectivity index (χ2v) is 7.74. The van der Waals surface area contributed by atoms with Gasteiger partial charge in [-0.2, -0.15) is 5.26 Å². The van der Waals surface area contributed by atoms with Crippen LogP contribution in [0, 0.1) is 11.3 Å². The van der Waals surface area contributed by atoms with Crippen molar-refractivity contribution in [3.63, 3.8) is 0 Å². The number of ether oxygens (including phenoxy) is 2. The number of nitrogens with one attached hydrogen (secondary N) is 1. The number of nitrogens with zero attached hydrogens (tertiary/aromatic N) is 1. The fraction of sp³-hybridized carbons (Fsp3) is 0.381. The number of benzene rings is 1. The lowest BCUT2D eigenvalue weighted by molar-refractivity contribution is -0.118. The molecule has 0 aliphatic heterocycles. The molecule has 1 aliphatic carbocycles. The third-order valence-corrected chi connectivity index (χ3v) is 5.92. The number of hydrogen-bond donors (Lipinski definition) is 1. The molecule has 2 aromatic rings. The first kappa shape index (κ1) is 19.9. The van der Waals surface area contributed by atoms with E-state index in [4.69, 9.17) is 9.47 Å². The zero-order valence-electron chi connectivity index (χ0n) is 16.0. The van der Waals surface area contributed by atoms with Gasteiger partial charge in [0.05, 0.1) is 12.7 Å². The summed E-state index contributed by atoms with van der Waals surface area (Å²) in [6.45, 7) is 1.25. The van der Waals surface area contributed by atoms with E-state index in [0.717, 1.165) is 31.2 Å². The molecule has 0 unspecified atom stereocenters. The molecule has 0 saturated heterocycles. The molecule has 0 bridgehead atoms. The van der Waals surface area contributed by atoms with Crippen molar-refractivity contribution in [2.75, 3.05) is 19.0 Å². The van der Waals surface area contributed by atoms with Crippen LogP contribution in [0.1, 0.15) is 52.5 Å². The van der Waals surface area contributed by atoms with Gasteiger partial charge in [-0.3, -0.25) is 9.59 Å². The molecule has 1 aromatic carbocycles. The summed E-state index contributed by atoms with van der Waals surface area (Å²) in [5.41, 5.74) is 2.17. The van der Waals surface area contributed by atoms with Crippen LogP contribution in [0.4, 0.5) is 5.00 Å². The maximum absolute atomic E-state index is 12.4. The van der Waals surface area contributed by atoms with Gasteiger partial charge in [0.2, 0.25) is 0 Å². The first-order valence-electron chi connectivity index (χ1n) is 9.19. The largest absolute Gasteiger partial charge is 0.493 e. The topological polar surface area (TPSA) is 88.4 Å². The summed E-state index contributed by atoms with van der Waals surface area (Å²) in [7, 11) is 1.48. The third kappa shape index (κ3) is 4.34. The Morgan fingerprint density at radius 3 is 2.71 bits per heavy atom. The van der Waals surface area contributed by atoms with Crippen LogP contribution in [-0.4, -0.2) is 25.4 Å². The Balaban J connectivity index is 1.69. The lowest BCUT2D eigenvalue weighted by Crippen LogP contribution is -2.20. The standard InChI is InChI=1S/C21H22N2O4S/c1-13(24)14-8-9-17(18(10-14)26-2)27-12-20(25)23-21-16(11-22)15-6-4-3-5-7-19(15)28-21/h8-10H,3-7,12H2,1-2H3,(H,23,25). The molecule has 1 N–H and O–H groups in total. The molecule has 1 amide bonds. The molecule has 3 rings (SSSR count). The van der Waals surface area contributed by atoms with Crippen molar-refractivity contribution in [1.82, 2.24) is 0 Å². The summed E-state index contributed by atoms with van der Waals surface area (Å²) in [4.78, 5) is 25.1. The number of ketones is 1. The summed E-state index contributed by atoms with van der Waals surface area (Å²) in [5, 5.41) is 13.0. The van der Waals surface area contributed by atoms with E-state index in [0.29, 0.717) is 27.6 Å². The summed E-state index contributed by atoms with van der Waals surface area (Å²) < 4.78 is 10.8. The minimum absolute atomic E-state index is 0.0795. The lowest BCUT2D eigenvalue weighted by atomic mass is 10.1. The van der Waals surface area contributed by atoms with Gasteiger partial charge in [-0.05, 0) is 56.4 Å². The molecule has 1 aromatic heterocycles. The summed E-state index contributed by atoms with van der Waals surface area (Å²) in [5.74, 6) is 0.348. The predicted octanol–water partition coefficient (Wildman–Crippen LogP) is 4.12. The molecule has 0 saturated carbocycles. The minimum atomic E-state index is -0.342. The number of methoxy groups -OCH3 is 1. The van der Waals surface area contributed by atoms with Crippen LogP contribution in [0.2, 0.25) is 0 Å². The van der Waals surface area contributed by atoms with Gasteiger partial charge in [-0.15, -0.1) is 11.3 Å². The monoisotopic (exact) mass is 398 g/mol. The fourth-order valence-electron chi connectivity index (χ4n) is 3.26. The van der Waals surface area contributed by atoms with E-state index >= 15 is 0 Å². The van der Waals surface area contributed by atoms with Crippen LogP contribution in [-0.2, 0) is 17.6 Å². The van der Waals surface area contributed by atoms with Crippen LogP contribution < -0.4 is 14.8 Å². The van der Waals surface area contributed by atoms with Gasteiger partial charge in [0.25, 0.3) is 5.91 Å². The van der Waals surface area contributed by atoms with Crippen molar-refractivity contribution in [1.29, 1.82) is 5.26 Å². The average molecular weight is 398 g/mol. The number of carbonyl (C=O) groups is 2. The van der Waals surface area contributed by atoms with Gasteiger partial charge < -0.3 is 14.8 Å². The number of aryl methyl sites for hydroxylation is 1. The number of rotatable bonds is 6. The van der Waals surface area contributed by atoms with E-state index in [1.54, 1.807) is 18.2 Å². The first-order chi connectivity index (χ1) is 13.5. The van der Waals surface area contributed by atoms with Crippen LogP contribution in [0.3, 0.4) is 0 Å². The molecule has 0 fully saturated rings. The highest BCUT2D eigenvalue weighted by atomic mass is 32.1. The number of carbonyl (C=O) groups excluding carboxylic acids is 2. The summed E-state index contributed by atoms with van der Waals surface area (Å²) in [6.07, 6.45) is 5.21. The molecule has 6 nitrogen and oxygen atoms in total. The van der Waals surface area contributed by atoms with Gasteiger partial charge in [-0.25, -0.2) is 0 Å². The number of fused-ring (bicyclic) bond motifs is 1. The van der Waals surface area contributed by atoms with Crippen molar-refractivity contribution < 1.29 is 19.1 Å². The molecule has 7 heteroatoms. The highest BCUT2D eigenvalue weighted by molar-refractivity contribution is 7.16. The van der Waals surface area contributed by atoms with Crippen LogP contribution in [0.15, 0.2) is 18.2 Å². The highest BCUT2D eigenvalue weighted by Crippen LogP contribution is 2.37. The Morgan fingerprint density at radius 1 is 1.21 bits per heavy atom. The maximum Gasteiger partial charge on any atom is 0.262 e. The zero-order chi connectivity index (χ0) is 20.1. The zero-order valence-corrected chi connectivity index (χ0v) is 16.8. The smallest absolute Gasteiger partial charge is 0.262 e. The number of thiophene rings is 1. The van der Waals surface area contributed by atoms with Crippen LogP contribution in [0.5, 0.6) is 11.5 Å². The Bertz CT molecular complexity index is 943. The van der Waals surface area contributed by atoms with Gasteiger partial charge in [0, 0.05) is 10.4 Å². The molecule has 0 radical (unpaired) electrons. The Labute approximate surface area is 168 Å². The Morgan fingerprint density at radius 2 is 2.00 bits per heavy atom. The van der Waals surface area contributed by atoms with E-state index in [1.165, 1.54) is 36.7 Å². The molecule has 0 spiro atoms. The van der Waals surface area contributed by atoms with Gasteiger partial charge in [0.15, 0.2) is 23.9 Å². The minimum Gasteiger partial charge on any atom is -0.493 e. The predicted molar refractivity (Wildman–Crippen MR) is 107 cm³/mol. The Hall–Kier alpha value is -2.85. The number of anilines is 1. The highest BCUT2D eigenvalue weighted by Gasteiger charge is 2.21. The number of amides is 1. The number of hydrogen-bond acceptors (Lipinski definition) is 6. The molecule has 28 heavy (non-hydrogen) atoms. The first-order valence-corrected chi connectivity index (χ1v) is 10.0. The van der Waals surface area contributed by atoms with E-state index in [2.05, 4.69) is 11.4 Å². The normalized spacial score (nSPS) is 13.0. The lowest BCUT2D eigenvalue weighted by Gasteiger charge is -2.11. The van der Waals surface area contributed by atoms with E-state index < -0.39 is 0 Å². The fourth-order valence-corrected chi connectivity index (χ4v) is 4.52. The second kappa shape index (κ2) is 8.89. The third-order valence-electron chi connectivity index (χ3n) is 4.71. The van der Waals surface area contributed by atoms with Crippen molar-refractivity contribution in [3.05, 3.63) is 39.8 Å². The molecular formula is C21H22N2O4S. The second-order valence-electron chi connectivity index (χ2n) is 6.64. The van der Waals surface area contributed by atoms with Gasteiger partial charge >= 0.3 is 0 Å². The molecule has 1 heterocycles. The summed E-state index contributed by atoms with van der Waals surface area (Å²) in [6, 6.07) is 7.07. The quantitative estimate of drug-likeness (QED) is 0.584. The average Bonchev–Trinajstić information content (AvgIpc) is 2.85. The van der Waals surface area contributed by atoms with Crippen molar-refractivity contribution >= 4 is 28.0 Å². The van der Waals surface area contributed by atoms with E-state index in [9.17, 15) is 14.9 Å². The number of Topliss-reactive ketones (excluding diaryl/α,β-unsaturated/α-hetero) is 1. The molecular weight excluding hydrogens is 376 g/mol. The van der Waals surface area contributed by atoms with Gasteiger partial charge in [-0.1, -0.05) is 6.42 Å². The van der Waals surface area contributed by atoms with Crippen molar-refractivity contribution in [2.45, 2.75) is 39.0 Å². The number of nitriles is 1. The van der Waals surface area contributed by atoms with Crippen molar-refractivity contribution in [2.24, 2.45) is 0 Å². The molecule has 146 valence electrons. The molecule has 1 aliphatic rings. The Kier molecular flexibility index (Phi) is 6.32. The SMILES string of the molecule is COc1cc(C(C)=O)ccc1OCC(=O)Nc1sc2c(c1C#N)CCCCC2. The molecule has 0 atom stereocenters. The van der Waals surface area contributed by atoms with E-state index in [-0.39, 0.29) is 18.3 Å². The maximum atomic E-state index is 12.4. The van der Waals surface area contributed by atoms with E-state index in [1.807, 2.05) is 0 Å². The van der Waals surface area contributed by atoms with Crippen LogP contribution in [0.25, 0.3) is 0 Å².